The molecular weight excluding hydrogens is 813 g/mol. The van der Waals surface area contributed by atoms with Crippen LogP contribution in [0.1, 0.15) is 265 Å². The summed E-state index contributed by atoms with van der Waals surface area (Å²) >= 11 is 0. The number of esters is 2. The third-order valence-corrected chi connectivity index (χ3v) is 11.9. The number of hydrogen-bond donors (Lipinski definition) is 0. The van der Waals surface area contributed by atoms with Crippen molar-refractivity contribution in [1.29, 1.82) is 0 Å². The molecule has 0 aliphatic rings. The van der Waals surface area contributed by atoms with Gasteiger partial charge in [0.1, 0.15) is 6.61 Å². The molecule has 0 spiro atoms. The Morgan fingerprint density at radius 2 is 0.682 bits per heavy atom. The summed E-state index contributed by atoms with van der Waals surface area (Å²) in [4.78, 5) is 25.5. The molecule has 0 saturated heterocycles. The van der Waals surface area contributed by atoms with Gasteiger partial charge in [0, 0.05) is 19.4 Å². The summed E-state index contributed by atoms with van der Waals surface area (Å²) in [6.45, 7) is 7.61. The quantitative estimate of drug-likeness (QED) is 0.0346. The first kappa shape index (κ1) is 63.1. The van der Waals surface area contributed by atoms with E-state index < -0.39 is 6.10 Å². The van der Waals surface area contributed by atoms with Gasteiger partial charge in [0.2, 0.25) is 0 Å². The molecule has 1 unspecified atom stereocenters. The molecule has 0 amide bonds. The fraction of sp³-hybridized carbons (Fsp3) is 0.738. The Morgan fingerprint density at radius 3 is 1.09 bits per heavy atom. The first-order valence-electron chi connectivity index (χ1n) is 28.1. The molecule has 0 aromatic carbocycles. The van der Waals surface area contributed by atoms with Crippen molar-refractivity contribution in [3.05, 3.63) is 85.1 Å². The molecular formula is C61H106O5. The van der Waals surface area contributed by atoms with Crippen molar-refractivity contribution < 1.29 is 23.8 Å². The minimum absolute atomic E-state index is 0.0726. The Kier molecular flexibility index (Phi) is 53.9. The molecule has 5 heteroatoms. The Hall–Kier alpha value is -2.92. The van der Waals surface area contributed by atoms with Crippen molar-refractivity contribution in [3.63, 3.8) is 0 Å². The van der Waals surface area contributed by atoms with Crippen LogP contribution in [-0.2, 0) is 23.8 Å². The highest BCUT2D eigenvalue weighted by Crippen LogP contribution is 2.15. The van der Waals surface area contributed by atoms with E-state index >= 15 is 0 Å². The van der Waals surface area contributed by atoms with Crippen molar-refractivity contribution in [2.24, 2.45) is 0 Å². The van der Waals surface area contributed by atoms with Gasteiger partial charge in [-0.1, -0.05) is 247 Å². The number of hydrogen-bond acceptors (Lipinski definition) is 5. The van der Waals surface area contributed by atoms with Crippen molar-refractivity contribution in [2.75, 3.05) is 19.8 Å². The standard InChI is InChI=1S/C61H106O5/c1-4-7-10-13-16-19-22-25-28-30-31-33-34-36-39-42-45-48-51-54-60(62)65-58-59(57-64-56-53-50-47-44-41-38-27-24-21-18-15-12-9-6-3)66-61(63)55-52-49-46-43-40-37-35-32-29-26-23-20-17-14-11-8-5-2/h7-8,10-11,16-17,19-20,25-26,28-29,31,33,59H,4-6,9,12-15,18,21-24,27,30,32,34-58H2,1-3H3/b10-7-,11-8-,19-16-,20-17-,28-25-,29-26-,33-31-. The number of rotatable bonds is 51. The molecule has 0 fully saturated rings. The van der Waals surface area contributed by atoms with E-state index in [1.807, 2.05) is 0 Å². The van der Waals surface area contributed by atoms with E-state index in [1.54, 1.807) is 0 Å². The van der Waals surface area contributed by atoms with Crippen LogP contribution in [0.5, 0.6) is 0 Å². The van der Waals surface area contributed by atoms with Crippen LogP contribution in [0.4, 0.5) is 0 Å². The molecule has 0 aliphatic heterocycles. The van der Waals surface area contributed by atoms with Gasteiger partial charge < -0.3 is 14.2 Å². The highest BCUT2D eigenvalue weighted by Gasteiger charge is 2.17. The number of carbonyl (C=O) groups is 2. The van der Waals surface area contributed by atoms with Gasteiger partial charge in [-0.15, -0.1) is 0 Å². The predicted molar refractivity (Wildman–Crippen MR) is 288 cm³/mol. The first-order valence-corrected chi connectivity index (χ1v) is 28.1. The van der Waals surface area contributed by atoms with Crippen LogP contribution < -0.4 is 0 Å². The minimum Gasteiger partial charge on any atom is -0.462 e. The summed E-state index contributed by atoms with van der Waals surface area (Å²) in [5.41, 5.74) is 0. The van der Waals surface area contributed by atoms with Crippen LogP contribution >= 0.6 is 0 Å². The Balaban J connectivity index is 4.30. The zero-order valence-corrected chi connectivity index (χ0v) is 43.7. The molecule has 0 aliphatic carbocycles. The average Bonchev–Trinajstić information content (AvgIpc) is 3.32. The summed E-state index contributed by atoms with van der Waals surface area (Å²) in [6, 6.07) is 0. The van der Waals surface area contributed by atoms with E-state index in [2.05, 4.69) is 106 Å². The predicted octanol–water partition coefficient (Wildman–Crippen LogP) is 19.2. The van der Waals surface area contributed by atoms with Crippen molar-refractivity contribution in [2.45, 2.75) is 271 Å². The first-order chi connectivity index (χ1) is 32.6. The number of carbonyl (C=O) groups excluding carboxylic acids is 2. The number of allylic oxidation sites excluding steroid dienone is 14. The van der Waals surface area contributed by atoms with Crippen LogP contribution in [0.3, 0.4) is 0 Å². The van der Waals surface area contributed by atoms with Crippen LogP contribution in [0.25, 0.3) is 0 Å². The van der Waals surface area contributed by atoms with E-state index in [0.29, 0.717) is 19.4 Å². The molecule has 0 aromatic heterocycles. The van der Waals surface area contributed by atoms with E-state index in [-0.39, 0.29) is 25.2 Å². The van der Waals surface area contributed by atoms with Gasteiger partial charge >= 0.3 is 11.9 Å². The monoisotopic (exact) mass is 919 g/mol. The van der Waals surface area contributed by atoms with E-state index in [9.17, 15) is 9.59 Å². The number of unbranched alkanes of at least 4 members (excludes halogenated alkanes) is 26. The molecule has 0 N–H and O–H groups in total. The molecule has 0 saturated carbocycles. The fourth-order valence-electron chi connectivity index (χ4n) is 7.81. The zero-order valence-electron chi connectivity index (χ0n) is 43.7. The van der Waals surface area contributed by atoms with Crippen molar-refractivity contribution in [3.8, 4) is 0 Å². The Morgan fingerprint density at radius 1 is 0.348 bits per heavy atom. The summed E-state index contributed by atoms with van der Waals surface area (Å²) in [5, 5.41) is 0. The van der Waals surface area contributed by atoms with E-state index in [4.69, 9.17) is 14.2 Å². The Labute approximate surface area is 409 Å². The lowest BCUT2D eigenvalue weighted by Gasteiger charge is -2.18. The second-order valence-corrected chi connectivity index (χ2v) is 18.4. The van der Waals surface area contributed by atoms with Crippen LogP contribution in [0.15, 0.2) is 85.1 Å². The van der Waals surface area contributed by atoms with E-state index in [1.165, 1.54) is 122 Å². The topological polar surface area (TPSA) is 61.8 Å². The lowest BCUT2D eigenvalue weighted by molar-refractivity contribution is -0.163. The Bertz CT molecular complexity index is 1220. The SMILES string of the molecule is CC/C=C\C/C=C\C/C=C\C/C=C\CCCCCCCCC(=O)OCC(COCCCCCCCCCCCCCCCC)OC(=O)CCCCCCCCC/C=C\C/C=C\C/C=C\CC. The lowest BCUT2D eigenvalue weighted by Crippen LogP contribution is -2.30. The van der Waals surface area contributed by atoms with Crippen molar-refractivity contribution >= 4 is 11.9 Å². The van der Waals surface area contributed by atoms with Gasteiger partial charge in [-0.2, -0.15) is 0 Å². The van der Waals surface area contributed by atoms with Gasteiger partial charge in [-0.3, -0.25) is 9.59 Å². The molecule has 0 heterocycles. The molecule has 0 radical (unpaired) electrons. The van der Waals surface area contributed by atoms with Crippen LogP contribution in [0.2, 0.25) is 0 Å². The van der Waals surface area contributed by atoms with E-state index in [0.717, 1.165) is 109 Å². The molecule has 0 rings (SSSR count). The van der Waals surface area contributed by atoms with Crippen LogP contribution in [-0.4, -0.2) is 37.9 Å². The molecule has 0 aromatic rings. The molecule has 1 atom stereocenters. The average molecular weight is 920 g/mol. The number of ether oxygens (including phenoxy) is 3. The van der Waals surface area contributed by atoms with Gasteiger partial charge in [-0.25, -0.2) is 0 Å². The van der Waals surface area contributed by atoms with Crippen LogP contribution in [0, 0.1) is 0 Å². The second-order valence-electron chi connectivity index (χ2n) is 18.4. The third-order valence-electron chi connectivity index (χ3n) is 11.9. The van der Waals surface area contributed by atoms with Gasteiger partial charge in [0.15, 0.2) is 6.10 Å². The van der Waals surface area contributed by atoms with Crippen molar-refractivity contribution in [1.82, 2.24) is 0 Å². The molecule has 66 heavy (non-hydrogen) atoms. The summed E-state index contributed by atoms with van der Waals surface area (Å²) in [5.74, 6) is -0.418. The maximum absolute atomic E-state index is 12.8. The maximum Gasteiger partial charge on any atom is 0.306 e. The smallest absolute Gasteiger partial charge is 0.306 e. The molecule has 0 bridgehead atoms. The lowest BCUT2D eigenvalue weighted by atomic mass is 10.0. The fourth-order valence-corrected chi connectivity index (χ4v) is 7.81. The van der Waals surface area contributed by atoms with Gasteiger partial charge in [0.05, 0.1) is 6.61 Å². The third kappa shape index (κ3) is 53.7. The largest absolute Gasteiger partial charge is 0.462 e. The molecule has 380 valence electrons. The zero-order chi connectivity index (χ0) is 47.7. The maximum atomic E-state index is 12.8. The normalized spacial score (nSPS) is 12.8. The van der Waals surface area contributed by atoms with Gasteiger partial charge in [0.25, 0.3) is 0 Å². The summed E-state index contributed by atoms with van der Waals surface area (Å²) in [6.07, 6.45) is 74.5. The minimum atomic E-state index is -0.550. The highest BCUT2D eigenvalue weighted by molar-refractivity contribution is 5.70. The highest BCUT2D eigenvalue weighted by atomic mass is 16.6. The second kappa shape index (κ2) is 56.4. The van der Waals surface area contributed by atoms with Gasteiger partial charge in [-0.05, 0) is 89.9 Å². The summed E-state index contributed by atoms with van der Waals surface area (Å²) in [7, 11) is 0. The summed E-state index contributed by atoms with van der Waals surface area (Å²) < 4.78 is 17.5. The molecule has 5 nitrogen and oxygen atoms in total.